The molecule has 1 aromatic heterocycles. The van der Waals surface area contributed by atoms with Crippen LogP contribution >= 0.6 is 0 Å². The number of nitrogens with one attached hydrogen (secondary N) is 1. The van der Waals surface area contributed by atoms with Gasteiger partial charge in [0.25, 0.3) is 0 Å². The van der Waals surface area contributed by atoms with E-state index in [1.807, 2.05) is 11.0 Å². The molecule has 4 rings (SSSR count). The van der Waals surface area contributed by atoms with Crippen LogP contribution in [0.25, 0.3) is 11.0 Å². The number of fused-ring (bicyclic) bond motifs is 2. The van der Waals surface area contributed by atoms with Crippen molar-refractivity contribution >= 4 is 17.0 Å². The Kier molecular flexibility index (Phi) is 2.85. The van der Waals surface area contributed by atoms with E-state index in [0.717, 1.165) is 30.8 Å². The average molecular weight is 289 g/mol. The molecule has 1 unspecified atom stereocenters. The summed E-state index contributed by atoms with van der Waals surface area (Å²) in [5.41, 5.74) is 0.711. The highest BCUT2D eigenvalue weighted by molar-refractivity contribution is 5.78. The lowest BCUT2D eigenvalue weighted by molar-refractivity contribution is 0.112. The SMILES string of the molecule is O=C1NCC2CN(Cc3cc4cc(F)ccc4o3)CCN12. The first-order valence-electron chi connectivity index (χ1n) is 7.14. The van der Waals surface area contributed by atoms with Gasteiger partial charge < -0.3 is 14.6 Å². The predicted molar refractivity (Wildman–Crippen MR) is 75.3 cm³/mol. The molecular weight excluding hydrogens is 273 g/mol. The van der Waals surface area contributed by atoms with Crippen LogP contribution in [0.4, 0.5) is 9.18 Å². The number of benzene rings is 1. The third-order valence-corrected chi connectivity index (χ3v) is 4.23. The predicted octanol–water partition coefficient (Wildman–Crippen LogP) is 1.78. The van der Waals surface area contributed by atoms with Crippen LogP contribution < -0.4 is 5.32 Å². The fourth-order valence-electron chi connectivity index (χ4n) is 3.18. The Morgan fingerprint density at radius 2 is 2.24 bits per heavy atom. The summed E-state index contributed by atoms with van der Waals surface area (Å²) < 4.78 is 18.9. The smallest absolute Gasteiger partial charge is 0.317 e. The van der Waals surface area contributed by atoms with Gasteiger partial charge in [-0.05, 0) is 24.3 Å². The fraction of sp³-hybridized carbons (Fsp3) is 0.400. The molecule has 21 heavy (non-hydrogen) atoms. The number of nitrogens with zero attached hydrogens (tertiary/aromatic N) is 2. The Morgan fingerprint density at radius 3 is 3.14 bits per heavy atom. The van der Waals surface area contributed by atoms with Crippen LogP contribution in [-0.2, 0) is 6.54 Å². The summed E-state index contributed by atoms with van der Waals surface area (Å²) in [5, 5.41) is 3.66. The van der Waals surface area contributed by atoms with Crippen molar-refractivity contribution in [3.63, 3.8) is 0 Å². The fourth-order valence-corrected chi connectivity index (χ4v) is 3.18. The van der Waals surface area contributed by atoms with Crippen molar-refractivity contribution in [2.75, 3.05) is 26.2 Å². The largest absolute Gasteiger partial charge is 0.460 e. The topological polar surface area (TPSA) is 48.7 Å². The summed E-state index contributed by atoms with van der Waals surface area (Å²) >= 11 is 0. The minimum absolute atomic E-state index is 0.0406. The molecule has 3 heterocycles. The average Bonchev–Trinajstić information content (AvgIpc) is 3.02. The van der Waals surface area contributed by atoms with E-state index < -0.39 is 0 Å². The lowest BCUT2D eigenvalue weighted by Crippen LogP contribution is -2.51. The summed E-state index contributed by atoms with van der Waals surface area (Å²) in [5.74, 6) is 0.584. The molecule has 5 nitrogen and oxygen atoms in total. The Morgan fingerprint density at radius 1 is 1.33 bits per heavy atom. The van der Waals surface area contributed by atoms with E-state index in [0.29, 0.717) is 18.7 Å². The highest BCUT2D eigenvalue weighted by Gasteiger charge is 2.35. The van der Waals surface area contributed by atoms with Crippen LogP contribution in [0.2, 0.25) is 0 Å². The van der Waals surface area contributed by atoms with Gasteiger partial charge in [0.05, 0.1) is 12.6 Å². The molecule has 2 aliphatic rings. The molecule has 110 valence electrons. The molecule has 1 aromatic carbocycles. The van der Waals surface area contributed by atoms with Crippen LogP contribution in [0.1, 0.15) is 5.76 Å². The van der Waals surface area contributed by atoms with E-state index in [2.05, 4.69) is 10.2 Å². The van der Waals surface area contributed by atoms with Crippen molar-refractivity contribution in [2.24, 2.45) is 0 Å². The van der Waals surface area contributed by atoms with Crippen molar-refractivity contribution in [2.45, 2.75) is 12.6 Å². The van der Waals surface area contributed by atoms with Gasteiger partial charge in [0, 0.05) is 31.6 Å². The van der Waals surface area contributed by atoms with Crippen LogP contribution in [0.15, 0.2) is 28.7 Å². The number of halogens is 1. The van der Waals surface area contributed by atoms with E-state index in [1.165, 1.54) is 12.1 Å². The molecule has 1 N–H and O–H groups in total. The van der Waals surface area contributed by atoms with Crippen LogP contribution in [0.5, 0.6) is 0 Å². The second kappa shape index (κ2) is 4.73. The zero-order valence-electron chi connectivity index (χ0n) is 11.5. The molecule has 2 saturated heterocycles. The van der Waals surface area contributed by atoms with Gasteiger partial charge in [0.1, 0.15) is 17.2 Å². The number of carbonyl (C=O) groups excluding carboxylic acids is 1. The zero-order chi connectivity index (χ0) is 14.4. The molecular formula is C15H16FN3O2. The van der Waals surface area contributed by atoms with Crippen molar-refractivity contribution in [1.82, 2.24) is 15.1 Å². The Hall–Kier alpha value is -2.08. The van der Waals surface area contributed by atoms with E-state index >= 15 is 0 Å². The molecule has 2 aromatic rings. The Labute approximate surface area is 121 Å². The monoisotopic (exact) mass is 289 g/mol. The third-order valence-electron chi connectivity index (χ3n) is 4.23. The highest BCUT2D eigenvalue weighted by atomic mass is 19.1. The van der Waals surface area contributed by atoms with Gasteiger partial charge in [-0.25, -0.2) is 9.18 Å². The van der Waals surface area contributed by atoms with Gasteiger partial charge in [-0.2, -0.15) is 0 Å². The molecule has 6 heteroatoms. The van der Waals surface area contributed by atoms with Crippen molar-refractivity contribution in [1.29, 1.82) is 0 Å². The zero-order valence-corrected chi connectivity index (χ0v) is 11.5. The van der Waals surface area contributed by atoms with Crippen LogP contribution in [0, 0.1) is 5.82 Å². The van der Waals surface area contributed by atoms with Gasteiger partial charge in [-0.15, -0.1) is 0 Å². The molecule has 0 spiro atoms. The van der Waals surface area contributed by atoms with E-state index in [4.69, 9.17) is 4.42 Å². The molecule has 0 aliphatic carbocycles. The number of furan rings is 1. The number of hydrogen-bond donors (Lipinski definition) is 1. The Balaban J connectivity index is 1.49. The molecule has 2 aliphatic heterocycles. The molecule has 0 bridgehead atoms. The maximum Gasteiger partial charge on any atom is 0.317 e. The minimum Gasteiger partial charge on any atom is -0.460 e. The number of urea groups is 1. The second-order valence-corrected chi connectivity index (χ2v) is 5.66. The maximum absolute atomic E-state index is 13.2. The number of amides is 2. The summed E-state index contributed by atoms with van der Waals surface area (Å²) in [6, 6.07) is 6.73. The van der Waals surface area contributed by atoms with Crippen molar-refractivity contribution in [3.8, 4) is 0 Å². The normalized spacial score (nSPS) is 22.6. The first-order chi connectivity index (χ1) is 10.2. The number of piperazine rings is 1. The van der Waals surface area contributed by atoms with Gasteiger partial charge >= 0.3 is 6.03 Å². The number of rotatable bonds is 2. The summed E-state index contributed by atoms with van der Waals surface area (Å²) in [6.07, 6.45) is 0. The molecule has 2 amide bonds. The van der Waals surface area contributed by atoms with E-state index in [-0.39, 0.29) is 17.9 Å². The van der Waals surface area contributed by atoms with Crippen LogP contribution in [0.3, 0.4) is 0 Å². The second-order valence-electron chi connectivity index (χ2n) is 5.66. The quantitative estimate of drug-likeness (QED) is 0.917. The standard InChI is InChI=1S/C15H16FN3O2/c16-11-1-2-14-10(5-11)6-13(21-14)9-18-3-4-19-12(8-18)7-17-15(19)20/h1-2,5-6,12H,3-4,7-9H2,(H,17,20). The lowest BCUT2D eigenvalue weighted by Gasteiger charge is -2.35. The first kappa shape index (κ1) is 12.6. The summed E-state index contributed by atoms with van der Waals surface area (Å²) in [7, 11) is 0. The maximum atomic E-state index is 13.2. The molecule has 2 fully saturated rings. The summed E-state index contributed by atoms with van der Waals surface area (Å²) in [4.78, 5) is 15.7. The third kappa shape index (κ3) is 2.25. The lowest BCUT2D eigenvalue weighted by atomic mass is 10.2. The molecule has 0 saturated carbocycles. The summed E-state index contributed by atoms with van der Waals surface area (Å²) in [6.45, 7) is 3.81. The highest BCUT2D eigenvalue weighted by Crippen LogP contribution is 2.23. The van der Waals surface area contributed by atoms with Gasteiger partial charge in [0.15, 0.2) is 0 Å². The minimum atomic E-state index is -0.251. The van der Waals surface area contributed by atoms with Gasteiger partial charge in [-0.1, -0.05) is 0 Å². The Bertz CT molecular complexity index is 699. The van der Waals surface area contributed by atoms with Crippen molar-refractivity contribution in [3.05, 3.63) is 35.8 Å². The van der Waals surface area contributed by atoms with E-state index in [1.54, 1.807) is 6.07 Å². The molecule has 0 radical (unpaired) electrons. The van der Waals surface area contributed by atoms with Crippen molar-refractivity contribution < 1.29 is 13.6 Å². The first-order valence-corrected chi connectivity index (χ1v) is 7.14. The van der Waals surface area contributed by atoms with Crippen LogP contribution in [-0.4, -0.2) is 48.1 Å². The van der Waals surface area contributed by atoms with E-state index in [9.17, 15) is 9.18 Å². The molecule has 1 atom stereocenters. The number of carbonyl (C=O) groups is 1. The van der Waals surface area contributed by atoms with Gasteiger partial charge in [-0.3, -0.25) is 4.90 Å². The number of hydrogen-bond acceptors (Lipinski definition) is 3. The van der Waals surface area contributed by atoms with Gasteiger partial charge in [0.2, 0.25) is 0 Å².